The van der Waals surface area contributed by atoms with Crippen LogP contribution in [0.3, 0.4) is 0 Å². The topological polar surface area (TPSA) is 150 Å². The molecule has 3 N–H and O–H groups in total. The summed E-state index contributed by atoms with van der Waals surface area (Å²) in [5.41, 5.74) is 1.58. The number of fused-ring (bicyclic) bond motifs is 3. The number of hydrogen-bond acceptors (Lipinski definition) is 10. The van der Waals surface area contributed by atoms with E-state index in [1.165, 1.54) is 10.5 Å². The van der Waals surface area contributed by atoms with Crippen LogP contribution in [-0.2, 0) is 30.1 Å². The van der Waals surface area contributed by atoms with Gasteiger partial charge in [-0.15, -0.1) is 9.32 Å². The number of amides is 3. The van der Waals surface area contributed by atoms with Crippen molar-refractivity contribution in [1.82, 2.24) is 20.0 Å². The molecule has 13 heteroatoms. The minimum atomic E-state index is -0.924. The van der Waals surface area contributed by atoms with Crippen LogP contribution in [0.1, 0.15) is 63.6 Å². The Morgan fingerprint density at radius 2 is 2.08 bits per heavy atom. The number of nitriles is 1. The Labute approximate surface area is 238 Å². The zero-order valence-corrected chi connectivity index (χ0v) is 23.8. The number of nitrogens with two attached hydrogens (primary N) is 1. The van der Waals surface area contributed by atoms with Gasteiger partial charge in [0.25, 0.3) is 0 Å². The van der Waals surface area contributed by atoms with E-state index in [9.17, 15) is 19.6 Å². The highest BCUT2D eigenvalue weighted by atomic mass is 32.2. The van der Waals surface area contributed by atoms with Crippen LogP contribution in [0.5, 0.6) is 0 Å². The van der Waals surface area contributed by atoms with E-state index in [0.717, 1.165) is 41.8 Å². The van der Waals surface area contributed by atoms with E-state index in [-0.39, 0.29) is 36.5 Å². The van der Waals surface area contributed by atoms with Gasteiger partial charge in [-0.05, 0) is 76.1 Å². The Kier molecular flexibility index (Phi) is 8.26. The van der Waals surface area contributed by atoms with Crippen molar-refractivity contribution < 1.29 is 28.4 Å². The van der Waals surface area contributed by atoms with Gasteiger partial charge in [0, 0.05) is 30.6 Å². The zero-order chi connectivity index (χ0) is 28.6. The summed E-state index contributed by atoms with van der Waals surface area (Å²) in [5, 5.41) is 12.3. The van der Waals surface area contributed by atoms with E-state index in [1.807, 2.05) is 28.0 Å². The van der Waals surface area contributed by atoms with Gasteiger partial charge in [0.2, 0.25) is 11.8 Å². The SMILES string of the molecule is CC(C)(C)OC(=O)N[C@@H](CN1C[C@@H]2C[C@H]1C(=O)N2[C@H]1CCc2cc(SOON)ccc21)C(=O)N1CCC[C@H]1C#N. The number of nitrogens with one attached hydrogen (secondary N) is 1. The van der Waals surface area contributed by atoms with Gasteiger partial charge in [-0.3, -0.25) is 14.5 Å². The maximum absolute atomic E-state index is 13.7. The molecule has 5 atom stereocenters. The molecule has 0 radical (unpaired) electrons. The van der Waals surface area contributed by atoms with Crippen molar-refractivity contribution in [2.75, 3.05) is 19.6 Å². The fourth-order valence-corrected chi connectivity index (χ4v) is 6.94. The third-order valence-electron chi connectivity index (χ3n) is 8.07. The second kappa shape index (κ2) is 11.5. The van der Waals surface area contributed by atoms with Gasteiger partial charge in [-0.1, -0.05) is 6.07 Å². The summed E-state index contributed by atoms with van der Waals surface area (Å²) in [7, 11) is 0. The zero-order valence-electron chi connectivity index (χ0n) is 23.0. The number of nitrogens with zero attached hydrogens (tertiary/aromatic N) is 4. The Morgan fingerprint density at radius 3 is 2.77 bits per heavy atom. The molecule has 1 aromatic carbocycles. The summed E-state index contributed by atoms with van der Waals surface area (Å²) in [6, 6.07) is 6.42. The fourth-order valence-electron chi connectivity index (χ4n) is 6.51. The van der Waals surface area contributed by atoms with Crippen LogP contribution in [0.2, 0.25) is 0 Å². The number of rotatable bonds is 8. The Bertz CT molecular complexity index is 1200. The summed E-state index contributed by atoms with van der Waals surface area (Å²) < 4.78 is 10.2. The van der Waals surface area contributed by atoms with Crippen LogP contribution in [0.25, 0.3) is 0 Å². The molecule has 1 aromatic rings. The van der Waals surface area contributed by atoms with E-state index in [0.29, 0.717) is 25.9 Å². The van der Waals surface area contributed by atoms with Crippen LogP contribution in [0.15, 0.2) is 23.1 Å². The Morgan fingerprint density at radius 1 is 1.27 bits per heavy atom. The molecule has 0 spiro atoms. The molecule has 0 saturated carbocycles. The summed E-state index contributed by atoms with van der Waals surface area (Å²) >= 11 is 1.04. The first kappa shape index (κ1) is 28.6. The second-order valence-electron chi connectivity index (χ2n) is 11.8. The van der Waals surface area contributed by atoms with Crippen molar-refractivity contribution >= 4 is 30.0 Å². The number of ether oxygens (including phenoxy) is 1. The minimum absolute atomic E-state index is 0.00341. The van der Waals surface area contributed by atoms with Crippen molar-refractivity contribution in [3.8, 4) is 6.07 Å². The summed E-state index contributed by atoms with van der Waals surface area (Å²) in [6.45, 7) is 6.52. The normalized spacial score (nSPS) is 26.6. The summed E-state index contributed by atoms with van der Waals surface area (Å²) in [4.78, 5) is 50.5. The molecule has 3 aliphatic heterocycles. The fraction of sp³-hybridized carbons (Fsp3) is 0.630. The van der Waals surface area contributed by atoms with Gasteiger partial charge in [0.15, 0.2) is 0 Å². The lowest BCUT2D eigenvalue weighted by atomic mass is 10.1. The first-order chi connectivity index (χ1) is 19.1. The number of carbonyl (C=O) groups excluding carboxylic acids is 3. The highest BCUT2D eigenvalue weighted by Crippen LogP contribution is 2.44. The minimum Gasteiger partial charge on any atom is -0.444 e. The highest BCUT2D eigenvalue weighted by Gasteiger charge is 2.53. The monoisotopic (exact) mass is 572 g/mol. The number of aryl methyl sites for hydroxylation is 1. The highest BCUT2D eigenvalue weighted by molar-refractivity contribution is 7.94. The molecule has 3 amide bonds. The number of hydrogen-bond donors (Lipinski definition) is 2. The number of likely N-dealkylation sites (tertiary alicyclic amines) is 3. The molecule has 3 fully saturated rings. The van der Waals surface area contributed by atoms with Gasteiger partial charge >= 0.3 is 6.09 Å². The molecule has 216 valence electrons. The van der Waals surface area contributed by atoms with E-state index in [1.54, 1.807) is 20.8 Å². The largest absolute Gasteiger partial charge is 0.444 e. The van der Waals surface area contributed by atoms with Crippen LogP contribution >= 0.6 is 12.0 Å². The van der Waals surface area contributed by atoms with Crippen molar-refractivity contribution in [3.05, 3.63) is 29.3 Å². The maximum Gasteiger partial charge on any atom is 0.408 e. The van der Waals surface area contributed by atoms with Crippen LogP contribution in [0, 0.1) is 11.3 Å². The molecule has 3 saturated heterocycles. The number of carbonyl (C=O) groups is 3. The molecule has 0 unspecified atom stereocenters. The quantitative estimate of drug-likeness (QED) is 0.270. The molecule has 4 aliphatic rings. The van der Waals surface area contributed by atoms with Gasteiger partial charge in [-0.2, -0.15) is 11.2 Å². The van der Waals surface area contributed by atoms with Crippen molar-refractivity contribution in [2.24, 2.45) is 5.90 Å². The van der Waals surface area contributed by atoms with Crippen LogP contribution in [-0.4, -0.2) is 82.0 Å². The molecule has 0 aromatic heterocycles. The average Bonchev–Trinajstić information content (AvgIpc) is 3.68. The van der Waals surface area contributed by atoms with Crippen LogP contribution < -0.4 is 11.2 Å². The van der Waals surface area contributed by atoms with Crippen molar-refractivity contribution in [2.45, 2.75) is 93.6 Å². The standard InChI is InChI=1S/C27H36N6O6S/c1-27(2,3)37-26(36)30-21(24(34)32-10-4-5-17(32)13-28)15-31-14-18-12-23(31)25(35)33(18)22-9-6-16-11-19(40-39-38-29)7-8-20(16)22/h7-8,11,17-18,21-23H,4-6,9-10,12,14-15,29H2,1-3H3,(H,30,36)/t17-,18-,21-,22-,23-/m0/s1. The lowest BCUT2D eigenvalue weighted by Gasteiger charge is -2.39. The molecule has 5 rings (SSSR count). The Hall–Kier alpha value is -2.89. The number of benzene rings is 1. The maximum atomic E-state index is 13.7. The predicted octanol–water partition coefficient (Wildman–Crippen LogP) is 2.20. The van der Waals surface area contributed by atoms with E-state index < -0.39 is 23.8 Å². The molecule has 3 heterocycles. The molecule has 2 bridgehead atoms. The van der Waals surface area contributed by atoms with Crippen LogP contribution in [0.4, 0.5) is 4.79 Å². The molecule has 40 heavy (non-hydrogen) atoms. The van der Waals surface area contributed by atoms with Crippen molar-refractivity contribution in [1.29, 1.82) is 5.26 Å². The Balaban J connectivity index is 1.28. The summed E-state index contributed by atoms with van der Waals surface area (Å²) in [6.07, 6.45) is 3.03. The van der Waals surface area contributed by atoms with Gasteiger partial charge in [0.05, 0.1) is 30.2 Å². The first-order valence-electron chi connectivity index (χ1n) is 13.7. The third kappa shape index (κ3) is 5.77. The molecule has 1 aliphatic carbocycles. The van der Waals surface area contributed by atoms with E-state index in [2.05, 4.69) is 16.4 Å². The lowest BCUT2D eigenvalue weighted by Crippen LogP contribution is -2.59. The van der Waals surface area contributed by atoms with Gasteiger partial charge in [-0.25, -0.2) is 4.79 Å². The van der Waals surface area contributed by atoms with Crippen molar-refractivity contribution in [3.63, 3.8) is 0 Å². The third-order valence-corrected chi connectivity index (χ3v) is 8.66. The molecular formula is C27H36N6O6S. The van der Waals surface area contributed by atoms with E-state index >= 15 is 0 Å². The smallest absolute Gasteiger partial charge is 0.408 e. The summed E-state index contributed by atoms with van der Waals surface area (Å²) in [5.74, 6) is 4.67. The lowest BCUT2D eigenvalue weighted by molar-refractivity contribution is -0.195. The number of alkyl carbamates (subject to hydrolysis) is 1. The second-order valence-corrected chi connectivity index (χ2v) is 12.6. The molecule has 12 nitrogen and oxygen atoms in total. The predicted molar refractivity (Wildman–Crippen MR) is 144 cm³/mol. The number of piperazine rings is 1. The van der Waals surface area contributed by atoms with Gasteiger partial charge in [0.1, 0.15) is 17.7 Å². The average molecular weight is 573 g/mol. The van der Waals surface area contributed by atoms with E-state index in [4.69, 9.17) is 15.0 Å². The van der Waals surface area contributed by atoms with Gasteiger partial charge < -0.3 is 19.9 Å². The first-order valence-corrected chi connectivity index (χ1v) is 14.4. The molecular weight excluding hydrogens is 536 g/mol.